The van der Waals surface area contributed by atoms with Crippen molar-refractivity contribution in [1.29, 1.82) is 5.26 Å². The number of nitriles is 1. The second kappa shape index (κ2) is 1.27. The van der Waals surface area contributed by atoms with Crippen molar-refractivity contribution in [1.82, 2.24) is 0 Å². The van der Waals surface area contributed by atoms with Crippen molar-refractivity contribution in [2.45, 2.75) is 12.1 Å². The van der Waals surface area contributed by atoms with Crippen molar-refractivity contribution >= 4 is 11.4 Å². The summed E-state index contributed by atoms with van der Waals surface area (Å²) in [6.45, 7) is 0. The summed E-state index contributed by atoms with van der Waals surface area (Å²) in [4.78, 5) is 0. The van der Waals surface area contributed by atoms with E-state index in [0.29, 0.717) is 11.6 Å². The minimum atomic E-state index is -0.128. The van der Waals surface area contributed by atoms with E-state index in [1.165, 1.54) is 0 Å². The first-order valence-corrected chi connectivity index (χ1v) is 3.45. The zero-order valence-corrected chi connectivity index (χ0v) is 5.65. The fraction of sp³-hybridized carbons (Fsp3) is 0.286. The van der Waals surface area contributed by atoms with E-state index < -0.39 is 0 Å². The Morgan fingerprint density at radius 3 is 3.27 bits per heavy atom. The summed E-state index contributed by atoms with van der Waals surface area (Å²) in [7, 11) is 0. The Morgan fingerprint density at radius 1 is 1.73 bits per heavy atom. The molecule has 1 aliphatic carbocycles. The van der Waals surface area contributed by atoms with Crippen molar-refractivity contribution in [3.63, 3.8) is 0 Å². The van der Waals surface area contributed by atoms with Crippen molar-refractivity contribution in [3.8, 4) is 6.07 Å². The highest BCUT2D eigenvalue weighted by molar-refractivity contribution is 6.28. The van der Waals surface area contributed by atoms with Crippen LogP contribution in [-0.4, -0.2) is 28.2 Å². The van der Waals surface area contributed by atoms with E-state index in [2.05, 4.69) is 11.2 Å². The Morgan fingerprint density at radius 2 is 2.55 bits per heavy atom. The minimum absolute atomic E-state index is 0.128. The predicted molar refractivity (Wildman–Crippen MR) is 38.2 cm³/mol. The van der Waals surface area contributed by atoms with Gasteiger partial charge in [-0.25, -0.2) is 0 Å². The standard InChI is InChI=1S/C7H5N4/c8-2-3-1-4(9)5-7-6(3)11(7)10-5/h1,4,7H,9H2/q+1. The summed E-state index contributed by atoms with van der Waals surface area (Å²) in [5.41, 5.74) is 8.46. The Balaban J connectivity index is 2.18. The fourth-order valence-electron chi connectivity index (χ4n) is 1.65. The SMILES string of the molecule is N#CC1=CC(N)C2=N[N+]3=C1C23. The molecule has 0 aromatic carbocycles. The number of hydrogen-bond acceptors (Lipinski definition) is 3. The maximum absolute atomic E-state index is 8.67. The number of hydrazone groups is 1. The third-order valence-corrected chi connectivity index (χ3v) is 2.27. The molecule has 4 nitrogen and oxygen atoms in total. The van der Waals surface area contributed by atoms with Crippen LogP contribution in [0.15, 0.2) is 16.8 Å². The Hall–Kier alpha value is -1.47. The minimum Gasteiger partial charge on any atom is -0.319 e. The van der Waals surface area contributed by atoms with Crippen LogP contribution in [-0.2, 0) is 0 Å². The van der Waals surface area contributed by atoms with Crippen LogP contribution >= 0.6 is 0 Å². The highest BCUT2D eigenvalue weighted by Gasteiger charge is 2.67. The number of nitrogens with zero attached hydrogens (tertiary/aromatic N) is 3. The van der Waals surface area contributed by atoms with Crippen LogP contribution in [0.2, 0.25) is 0 Å². The molecule has 2 atom stereocenters. The number of rotatable bonds is 0. The molecule has 0 saturated carbocycles. The second-order valence-electron chi connectivity index (χ2n) is 2.88. The first kappa shape index (κ1) is 5.22. The molecule has 0 aromatic rings. The smallest absolute Gasteiger partial charge is 0.316 e. The average Bonchev–Trinajstić information content (AvgIpc) is 2.54. The molecule has 2 N–H and O–H groups in total. The van der Waals surface area contributed by atoms with E-state index in [4.69, 9.17) is 11.0 Å². The molecule has 2 heterocycles. The van der Waals surface area contributed by atoms with Gasteiger partial charge in [-0.1, -0.05) is 4.68 Å². The Bertz CT molecular complexity index is 393. The van der Waals surface area contributed by atoms with Gasteiger partial charge in [0, 0.05) is 5.10 Å². The zero-order chi connectivity index (χ0) is 7.59. The lowest BCUT2D eigenvalue weighted by molar-refractivity contribution is -0.486. The van der Waals surface area contributed by atoms with Gasteiger partial charge < -0.3 is 5.73 Å². The lowest BCUT2D eigenvalue weighted by Crippen LogP contribution is -2.42. The van der Waals surface area contributed by atoms with E-state index in [9.17, 15) is 0 Å². The molecule has 0 spiro atoms. The van der Waals surface area contributed by atoms with Crippen LogP contribution in [0.25, 0.3) is 0 Å². The highest BCUT2D eigenvalue weighted by Crippen LogP contribution is 2.33. The zero-order valence-electron chi connectivity index (χ0n) is 5.65. The summed E-state index contributed by atoms with van der Waals surface area (Å²) in [6.07, 6.45) is 1.78. The molecule has 0 saturated heterocycles. The van der Waals surface area contributed by atoms with Gasteiger partial charge in [-0.2, -0.15) is 5.26 Å². The van der Waals surface area contributed by atoms with Crippen LogP contribution in [0, 0.1) is 11.3 Å². The second-order valence-corrected chi connectivity index (χ2v) is 2.88. The first-order valence-electron chi connectivity index (χ1n) is 3.45. The van der Waals surface area contributed by atoms with E-state index in [0.717, 1.165) is 11.4 Å². The van der Waals surface area contributed by atoms with Crippen molar-refractivity contribution < 1.29 is 4.68 Å². The highest BCUT2D eigenvalue weighted by atomic mass is 15.6. The van der Waals surface area contributed by atoms with Crippen LogP contribution in [0.3, 0.4) is 0 Å². The monoisotopic (exact) mass is 145 g/mol. The summed E-state index contributed by atoms with van der Waals surface area (Å²) < 4.78 is 1.84. The summed E-state index contributed by atoms with van der Waals surface area (Å²) in [5, 5.41) is 12.8. The molecule has 0 amide bonds. The predicted octanol–water partition coefficient (Wildman–Crippen LogP) is -1.02. The van der Waals surface area contributed by atoms with E-state index in [1.807, 2.05) is 4.68 Å². The van der Waals surface area contributed by atoms with Crippen LogP contribution < -0.4 is 5.73 Å². The quantitative estimate of drug-likeness (QED) is 0.443. The molecule has 3 rings (SSSR count). The molecule has 11 heavy (non-hydrogen) atoms. The molecule has 0 radical (unpaired) electrons. The molecular formula is C7H5N4+. The van der Waals surface area contributed by atoms with Gasteiger partial charge in [0.05, 0.1) is 6.04 Å². The molecule has 2 aliphatic heterocycles. The maximum Gasteiger partial charge on any atom is 0.316 e. The molecule has 2 unspecified atom stereocenters. The third kappa shape index (κ3) is 0.390. The summed E-state index contributed by atoms with van der Waals surface area (Å²) in [6, 6.07) is 2.29. The van der Waals surface area contributed by atoms with Gasteiger partial charge in [0.25, 0.3) is 0 Å². The number of hydrogen-bond donors (Lipinski definition) is 1. The van der Waals surface area contributed by atoms with Crippen LogP contribution in [0.5, 0.6) is 0 Å². The van der Waals surface area contributed by atoms with Crippen molar-refractivity contribution in [2.24, 2.45) is 10.8 Å². The van der Waals surface area contributed by atoms with Gasteiger partial charge in [-0.3, -0.25) is 0 Å². The largest absolute Gasteiger partial charge is 0.319 e. The van der Waals surface area contributed by atoms with Gasteiger partial charge in [-0.05, 0) is 6.08 Å². The molecule has 4 heteroatoms. The number of nitrogens with two attached hydrogens (primary N) is 1. The first-order chi connectivity index (χ1) is 5.33. The lowest BCUT2D eigenvalue weighted by atomic mass is 9.94. The van der Waals surface area contributed by atoms with E-state index in [1.54, 1.807) is 6.08 Å². The van der Waals surface area contributed by atoms with Gasteiger partial charge in [-0.15, -0.1) is 0 Å². The van der Waals surface area contributed by atoms with Gasteiger partial charge in [0.15, 0.2) is 5.71 Å². The molecule has 0 fully saturated rings. The normalized spacial score (nSPS) is 36.4. The maximum atomic E-state index is 8.67. The molecular weight excluding hydrogens is 140 g/mol. The molecule has 52 valence electrons. The van der Waals surface area contributed by atoms with Crippen LogP contribution in [0.1, 0.15) is 0 Å². The summed E-state index contributed by atoms with van der Waals surface area (Å²) in [5.74, 6) is 0. The summed E-state index contributed by atoms with van der Waals surface area (Å²) >= 11 is 0. The Kier molecular flexibility index (Phi) is 0.601. The van der Waals surface area contributed by atoms with Gasteiger partial charge in [0.1, 0.15) is 11.6 Å². The van der Waals surface area contributed by atoms with E-state index in [-0.39, 0.29) is 6.04 Å². The third-order valence-electron chi connectivity index (χ3n) is 2.27. The lowest BCUT2D eigenvalue weighted by Gasteiger charge is -2.09. The molecule has 0 aromatic heterocycles. The molecule has 0 bridgehead atoms. The fourth-order valence-corrected chi connectivity index (χ4v) is 1.65. The Labute approximate surface area is 62.9 Å². The van der Waals surface area contributed by atoms with E-state index >= 15 is 0 Å². The molecule has 3 aliphatic rings. The average molecular weight is 145 g/mol. The van der Waals surface area contributed by atoms with Gasteiger partial charge in [0.2, 0.25) is 0 Å². The van der Waals surface area contributed by atoms with Crippen LogP contribution in [0.4, 0.5) is 0 Å². The van der Waals surface area contributed by atoms with Crippen molar-refractivity contribution in [2.75, 3.05) is 0 Å². The topological polar surface area (TPSA) is 65.2 Å². The van der Waals surface area contributed by atoms with Gasteiger partial charge >= 0.3 is 11.8 Å². The van der Waals surface area contributed by atoms with Crippen molar-refractivity contribution in [3.05, 3.63) is 11.6 Å².